The third kappa shape index (κ3) is 3.81. The van der Waals surface area contributed by atoms with E-state index in [0.29, 0.717) is 0 Å². The van der Waals surface area contributed by atoms with Crippen molar-refractivity contribution in [1.82, 2.24) is 10.2 Å². The Morgan fingerprint density at radius 1 is 1.32 bits per heavy atom. The molecule has 0 saturated carbocycles. The zero-order valence-corrected chi connectivity index (χ0v) is 12.5. The van der Waals surface area contributed by atoms with Gasteiger partial charge in [0.25, 0.3) is 0 Å². The molecule has 2 rings (SSSR count). The lowest BCUT2D eigenvalue weighted by molar-refractivity contribution is -0.0104. The summed E-state index contributed by atoms with van der Waals surface area (Å²) >= 11 is 0. The van der Waals surface area contributed by atoms with Crippen molar-refractivity contribution in [2.75, 3.05) is 32.8 Å². The first-order valence-corrected chi connectivity index (χ1v) is 7.11. The number of aryl methyl sites for hydroxylation is 1. The number of ether oxygens (including phenoxy) is 1. The first kappa shape index (κ1) is 14.6. The molecule has 1 saturated heterocycles. The van der Waals surface area contributed by atoms with Gasteiger partial charge in [0, 0.05) is 25.2 Å². The van der Waals surface area contributed by atoms with Crippen LogP contribution in [0.3, 0.4) is 0 Å². The quantitative estimate of drug-likeness (QED) is 0.888. The monoisotopic (exact) mass is 266 g/mol. The molecule has 1 unspecified atom stereocenters. The van der Waals surface area contributed by atoms with E-state index >= 15 is 0 Å². The Balaban J connectivity index is 1.86. The van der Waals surface area contributed by atoms with Gasteiger partial charge in [-0.05, 0) is 39.8 Å². The van der Waals surface area contributed by atoms with Crippen molar-refractivity contribution in [3.63, 3.8) is 0 Å². The summed E-state index contributed by atoms with van der Waals surface area (Å²) < 4.78 is 11.1. The first-order chi connectivity index (χ1) is 8.99. The average molecular weight is 266 g/mol. The van der Waals surface area contributed by atoms with E-state index in [4.69, 9.17) is 9.15 Å². The Labute approximate surface area is 116 Å². The molecule has 0 bridgehead atoms. The SMILES string of the molecule is Cc1ccc(C(C)NCC(C)(C)N2CCOCC2)o1. The maximum absolute atomic E-state index is 5.66. The lowest BCUT2D eigenvalue weighted by Gasteiger charge is -2.41. The van der Waals surface area contributed by atoms with E-state index < -0.39 is 0 Å². The van der Waals surface area contributed by atoms with E-state index in [0.717, 1.165) is 44.4 Å². The molecule has 1 aromatic heterocycles. The van der Waals surface area contributed by atoms with Gasteiger partial charge in [-0.25, -0.2) is 0 Å². The summed E-state index contributed by atoms with van der Waals surface area (Å²) in [4.78, 5) is 2.49. The van der Waals surface area contributed by atoms with Crippen LogP contribution in [0.2, 0.25) is 0 Å². The first-order valence-electron chi connectivity index (χ1n) is 7.11. The number of rotatable bonds is 5. The summed E-state index contributed by atoms with van der Waals surface area (Å²) in [5.41, 5.74) is 0.139. The minimum absolute atomic E-state index is 0.139. The van der Waals surface area contributed by atoms with Crippen LogP contribution in [0, 0.1) is 6.92 Å². The van der Waals surface area contributed by atoms with Gasteiger partial charge in [0.05, 0.1) is 19.3 Å². The molecule has 0 amide bonds. The normalized spacial score (nSPS) is 19.6. The molecule has 0 radical (unpaired) electrons. The molecule has 1 atom stereocenters. The molecule has 108 valence electrons. The Morgan fingerprint density at radius 2 is 2.00 bits per heavy atom. The zero-order valence-electron chi connectivity index (χ0n) is 12.5. The van der Waals surface area contributed by atoms with E-state index in [-0.39, 0.29) is 11.6 Å². The van der Waals surface area contributed by atoms with Crippen LogP contribution < -0.4 is 5.32 Å². The number of nitrogens with one attached hydrogen (secondary N) is 1. The third-order valence-corrected chi connectivity index (χ3v) is 3.90. The molecule has 1 N–H and O–H groups in total. The van der Waals surface area contributed by atoms with Crippen molar-refractivity contribution >= 4 is 0 Å². The summed E-state index contributed by atoms with van der Waals surface area (Å²) in [7, 11) is 0. The lowest BCUT2D eigenvalue weighted by Crippen LogP contribution is -2.54. The molecule has 0 spiro atoms. The minimum atomic E-state index is 0.139. The van der Waals surface area contributed by atoms with Crippen LogP contribution in [0.1, 0.15) is 38.3 Å². The summed E-state index contributed by atoms with van der Waals surface area (Å²) in [6.07, 6.45) is 0. The van der Waals surface area contributed by atoms with Crippen molar-refractivity contribution in [2.45, 2.75) is 39.3 Å². The van der Waals surface area contributed by atoms with Gasteiger partial charge in [0.2, 0.25) is 0 Å². The fourth-order valence-electron chi connectivity index (χ4n) is 2.47. The summed E-state index contributed by atoms with van der Waals surface area (Å²) in [5.74, 6) is 1.98. The Kier molecular flexibility index (Phi) is 4.66. The maximum Gasteiger partial charge on any atom is 0.120 e. The number of morpholine rings is 1. The van der Waals surface area contributed by atoms with Crippen LogP contribution in [0.5, 0.6) is 0 Å². The molecule has 1 aliphatic heterocycles. The van der Waals surface area contributed by atoms with E-state index in [2.05, 4.69) is 37.1 Å². The highest BCUT2D eigenvalue weighted by molar-refractivity contribution is 5.09. The summed E-state index contributed by atoms with van der Waals surface area (Å²) in [6.45, 7) is 13.4. The predicted octanol–water partition coefficient (Wildman–Crippen LogP) is 2.35. The van der Waals surface area contributed by atoms with Crippen molar-refractivity contribution in [3.8, 4) is 0 Å². The van der Waals surface area contributed by atoms with Crippen LogP contribution in [0.15, 0.2) is 16.5 Å². The molecular weight excluding hydrogens is 240 g/mol. The number of nitrogens with zero attached hydrogens (tertiary/aromatic N) is 1. The van der Waals surface area contributed by atoms with Crippen LogP contribution in [-0.4, -0.2) is 43.3 Å². The van der Waals surface area contributed by atoms with Gasteiger partial charge in [0.15, 0.2) is 0 Å². The Morgan fingerprint density at radius 3 is 2.58 bits per heavy atom. The molecule has 0 aromatic carbocycles. The Hall–Kier alpha value is -0.840. The van der Waals surface area contributed by atoms with E-state index in [9.17, 15) is 0 Å². The molecule has 4 nitrogen and oxygen atoms in total. The van der Waals surface area contributed by atoms with Gasteiger partial charge in [-0.2, -0.15) is 0 Å². The van der Waals surface area contributed by atoms with Gasteiger partial charge in [0.1, 0.15) is 11.5 Å². The lowest BCUT2D eigenvalue weighted by atomic mass is 10.0. The van der Waals surface area contributed by atoms with Gasteiger partial charge in [-0.3, -0.25) is 4.90 Å². The predicted molar refractivity (Wildman–Crippen MR) is 76.3 cm³/mol. The largest absolute Gasteiger partial charge is 0.465 e. The van der Waals surface area contributed by atoms with Crippen molar-refractivity contribution in [2.24, 2.45) is 0 Å². The van der Waals surface area contributed by atoms with E-state index in [1.165, 1.54) is 0 Å². The zero-order chi connectivity index (χ0) is 13.9. The van der Waals surface area contributed by atoms with Crippen LogP contribution in [0.25, 0.3) is 0 Å². The second-order valence-corrected chi connectivity index (χ2v) is 5.96. The summed E-state index contributed by atoms with van der Waals surface area (Å²) in [5, 5.41) is 3.57. The topological polar surface area (TPSA) is 37.6 Å². The van der Waals surface area contributed by atoms with Crippen LogP contribution >= 0.6 is 0 Å². The van der Waals surface area contributed by atoms with Gasteiger partial charge in [-0.15, -0.1) is 0 Å². The molecule has 1 aliphatic rings. The molecule has 2 heterocycles. The highest BCUT2D eigenvalue weighted by Crippen LogP contribution is 2.19. The van der Waals surface area contributed by atoms with Crippen molar-refractivity contribution in [3.05, 3.63) is 23.7 Å². The molecule has 19 heavy (non-hydrogen) atoms. The van der Waals surface area contributed by atoms with Crippen molar-refractivity contribution < 1.29 is 9.15 Å². The molecule has 1 fully saturated rings. The van der Waals surface area contributed by atoms with Gasteiger partial charge >= 0.3 is 0 Å². The molecule has 1 aromatic rings. The highest BCUT2D eigenvalue weighted by atomic mass is 16.5. The second-order valence-electron chi connectivity index (χ2n) is 5.96. The number of hydrogen-bond donors (Lipinski definition) is 1. The van der Waals surface area contributed by atoms with Gasteiger partial charge in [-0.1, -0.05) is 0 Å². The number of furan rings is 1. The standard InChI is InChI=1S/C15H26N2O2/c1-12-5-6-14(19-12)13(2)16-11-15(3,4)17-7-9-18-10-8-17/h5-6,13,16H,7-11H2,1-4H3. The third-order valence-electron chi connectivity index (χ3n) is 3.90. The van der Waals surface area contributed by atoms with Crippen LogP contribution in [-0.2, 0) is 4.74 Å². The molecular formula is C15H26N2O2. The highest BCUT2D eigenvalue weighted by Gasteiger charge is 2.28. The van der Waals surface area contributed by atoms with Crippen molar-refractivity contribution in [1.29, 1.82) is 0 Å². The average Bonchev–Trinajstić information content (AvgIpc) is 2.84. The maximum atomic E-state index is 5.66. The molecule has 0 aliphatic carbocycles. The fraction of sp³-hybridized carbons (Fsp3) is 0.733. The number of hydrogen-bond acceptors (Lipinski definition) is 4. The van der Waals surface area contributed by atoms with E-state index in [1.807, 2.05) is 13.0 Å². The molecule has 4 heteroatoms. The smallest absolute Gasteiger partial charge is 0.120 e. The van der Waals surface area contributed by atoms with Crippen LogP contribution in [0.4, 0.5) is 0 Å². The van der Waals surface area contributed by atoms with Gasteiger partial charge < -0.3 is 14.5 Å². The summed E-state index contributed by atoms with van der Waals surface area (Å²) in [6, 6.07) is 4.31. The van der Waals surface area contributed by atoms with E-state index in [1.54, 1.807) is 0 Å². The minimum Gasteiger partial charge on any atom is -0.465 e. The fourth-order valence-corrected chi connectivity index (χ4v) is 2.47. The Bertz CT molecular complexity index is 395. The second kappa shape index (κ2) is 6.07.